The van der Waals surface area contributed by atoms with E-state index in [0.29, 0.717) is 24.6 Å². The normalized spacial score (nSPS) is 20.4. The minimum absolute atomic E-state index is 0.0947. The van der Waals surface area contributed by atoms with Gasteiger partial charge in [-0.2, -0.15) is 0 Å². The number of benzene rings is 2. The summed E-state index contributed by atoms with van der Waals surface area (Å²) in [7, 11) is 2.59. The van der Waals surface area contributed by atoms with E-state index >= 15 is 0 Å². The van der Waals surface area contributed by atoms with Gasteiger partial charge in [-0.25, -0.2) is 14.6 Å². The summed E-state index contributed by atoms with van der Waals surface area (Å²) in [5.41, 5.74) is 4.47. The summed E-state index contributed by atoms with van der Waals surface area (Å²) in [5, 5.41) is 7.55. The molecular weight excluding hydrogens is 723 g/mol. The van der Waals surface area contributed by atoms with Crippen LogP contribution >= 0.6 is 0 Å². The van der Waals surface area contributed by atoms with Gasteiger partial charge >= 0.3 is 12.2 Å². The van der Waals surface area contributed by atoms with Crippen molar-refractivity contribution in [3.8, 4) is 11.8 Å². The van der Waals surface area contributed by atoms with Gasteiger partial charge in [0, 0.05) is 35.8 Å². The van der Waals surface area contributed by atoms with Gasteiger partial charge in [-0.3, -0.25) is 14.6 Å². The molecule has 4 heterocycles. The molecule has 5 atom stereocenters. The van der Waals surface area contributed by atoms with Crippen molar-refractivity contribution in [1.29, 1.82) is 0 Å². The summed E-state index contributed by atoms with van der Waals surface area (Å²) in [6, 6.07) is 10.7. The van der Waals surface area contributed by atoms with Crippen molar-refractivity contribution < 1.29 is 28.7 Å². The lowest BCUT2D eigenvalue weighted by Gasteiger charge is -2.34. The van der Waals surface area contributed by atoms with Crippen molar-refractivity contribution in [2.24, 2.45) is 22.7 Å². The fourth-order valence-electron chi connectivity index (χ4n) is 8.16. The third-order valence-electron chi connectivity index (χ3n) is 11.3. The van der Waals surface area contributed by atoms with E-state index in [1.165, 1.54) is 14.2 Å². The number of rotatable bonds is 10. The van der Waals surface area contributed by atoms with Crippen LogP contribution in [0.1, 0.15) is 102 Å². The van der Waals surface area contributed by atoms with Gasteiger partial charge in [0.15, 0.2) is 0 Å². The van der Waals surface area contributed by atoms with Gasteiger partial charge in [0.25, 0.3) is 0 Å². The van der Waals surface area contributed by atoms with Gasteiger partial charge in [0.05, 0.1) is 38.2 Å². The number of H-pyrrole nitrogens is 1. The largest absolute Gasteiger partial charge is 0.453 e. The number of aliphatic imine (C=N–C) groups is 1. The van der Waals surface area contributed by atoms with Gasteiger partial charge in [-0.05, 0) is 85.3 Å². The minimum Gasteiger partial charge on any atom is -0.453 e. The number of nitrogens with one attached hydrogen (secondary N) is 3. The standard InChI is InChI=1S/C44H55N7O6/c1-8-29-18-20-34(47-39(29)35-11-9-21-50(35)41(52)37(26(2)3)48-43(54)56-6)32-17-16-30-23-28(13-15-31(30)24-32)14-19-33-25-45-40(46-33)36-12-10-22-51(36)42(53)38(27(4)5)49-44(55)57-7/h13,15-17,20,23-27,29,35-38H,8-12,18,21-22H2,1-7H3,(H,45,46)(H,48,54)(H,49,55). The second-order valence-corrected chi connectivity index (χ2v) is 15.8. The average molecular weight is 778 g/mol. The smallest absolute Gasteiger partial charge is 0.407 e. The van der Waals surface area contributed by atoms with Gasteiger partial charge in [-0.15, -0.1) is 0 Å². The molecule has 302 valence electrons. The Morgan fingerprint density at radius 2 is 1.44 bits per heavy atom. The molecule has 3 N–H and O–H groups in total. The SMILES string of the molecule is CCC1CC=C(c2ccc3cc(C#Cc4cnc(C5CCCN5C(=O)C(NC(=O)OC)C(C)C)[nH]4)ccc3c2)N=C1C1CCCN1C(=O)C(NC(=O)OC)C(C)C. The van der Waals surface area contributed by atoms with Crippen LogP contribution in [0.15, 0.2) is 53.7 Å². The number of carbonyl (C=O) groups excluding carboxylic acids is 4. The number of likely N-dealkylation sites (tertiary alicyclic amines) is 2. The van der Waals surface area contributed by atoms with Crippen LogP contribution in [-0.2, 0) is 19.1 Å². The molecule has 2 fully saturated rings. The number of hydrogen-bond donors (Lipinski definition) is 3. The second kappa shape index (κ2) is 18.1. The molecule has 1 aromatic heterocycles. The van der Waals surface area contributed by atoms with Crippen LogP contribution in [0, 0.1) is 29.6 Å². The van der Waals surface area contributed by atoms with Crippen molar-refractivity contribution in [2.45, 2.75) is 97.3 Å². The highest BCUT2D eigenvalue weighted by Gasteiger charge is 2.40. The molecule has 0 aliphatic carbocycles. The monoisotopic (exact) mass is 777 g/mol. The first kappa shape index (κ1) is 41.0. The molecule has 3 aromatic rings. The number of imidazole rings is 1. The molecule has 13 nitrogen and oxygen atoms in total. The number of fused-ring (bicyclic) bond motifs is 1. The summed E-state index contributed by atoms with van der Waals surface area (Å²) in [5.74, 6) is 6.91. The van der Waals surface area contributed by atoms with Crippen LogP contribution in [0.3, 0.4) is 0 Å². The highest BCUT2D eigenvalue weighted by molar-refractivity contribution is 6.01. The topological polar surface area (TPSA) is 158 Å². The van der Waals surface area contributed by atoms with E-state index in [1.54, 1.807) is 11.1 Å². The summed E-state index contributed by atoms with van der Waals surface area (Å²) in [6.45, 7) is 11.0. The number of aromatic nitrogens is 2. The number of nitrogens with zero attached hydrogens (tertiary/aromatic N) is 4. The van der Waals surface area contributed by atoms with E-state index in [2.05, 4.69) is 75.8 Å². The number of carbonyl (C=O) groups is 4. The number of methoxy groups -OCH3 is 2. The average Bonchev–Trinajstić information content (AvgIpc) is 4.01. The highest BCUT2D eigenvalue weighted by Crippen LogP contribution is 2.35. The van der Waals surface area contributed by atoms with E-state index in [4.69, 9.17) is 14.5 Å². The lowest BCUT2D eigenvalue weighted by molar-refractivity contribution is -0.135. The Hall–Kier alpha value is -5.64. The number of amides is 4. The van der Waals surface area contributed by atoms with Crippen molar-refractivity contribution in [2.75, 3.05) is 27.3 Å². The molecule has 5 unspecified atom stereocenters. The molecule has 2 aromatic carbocycles. The number of hydrogen-bond acceptors (Lipinski definition) is 8. The maximum atomic E-state index is 13.8. The molecule has 13 heteroatoms. The number of aromatic amines is 1. The molecule has 57 heavy (non-hydrogen) atoms. The molecule has 2 saturated heterocycles. The number of alkyl carbamates (subject to hydrolysis) is 2. The lowest BCUT2D eigenvalue weighted by Crippen LogP contribution is -2.54. The second-order valence-electron chi connectivity index (χ2n) is 15.8. The van der Waals surface area contributed by atoms with Gasteiger partial charge in [0.1, 0.15) is 23.6 Å². The Bertz CT molecular complexity index is 2110. The van der Waals surface area contributed by atoms with Gasteiger partial charge in [0.2, 0.25) is 11.8 Å². The predicted octanol–water partition coefficient (Wildman–Crippen LogP) is 6.59. The summed E-state index contributed by atoms with van der Waals surface area (Å²) in [6.07, 6.45) is 7.75. The molecule has 0 radical (unpaired) electrons. The minimum atomic E-state index is -0.698. The Morgan fingerprint density at radius 3 is 2.05 bits per heavy atom. The van der Waals surface area contributed by atoms with Crippen LogP contribution in [0.4, 0.5) is 9.59 Å². The third-order valence-corrected chi connectivity index (χ3v) is 11.3. The maximum absolute atomic E-state index is 13.8. The Labute approximate surface area is 335 Å². The molecule has 3 aliphatic heterocycles. The van der Waals surface area contributed by atoms with E-state index in [1.807, 2.05) is 38.7 Å². The number of ether oxygens (including phenoxy) is 2. The molecule has 4 amide bonds. The van der Waals surface area contributed by atoms with Gasteiger partial charge < -0.3 is 34.9 Å². The van der Waals surface area contributed by atoms with Gasteiger partial charge in [-0.1, -0.05) is 64.8 Å². The molecule has 0 spiro atoms. The highest BCUT2D eigenvalue weighted by atomic mass is 16.5. The Kier molecular flexibility index (Phi) is 13.0. The molecule has 0 bridgehead atoms. The van der Waals surface area contributed by atoms with E-state index in [9.17, 15) is 19.2 Å². The van der Waals surface area contributed by atoms with E-state index in [-0.39, 0.29) is 41.7 Å². The zero-order chi connectivity index (χ0) is 40.8. The van der Waals surface area contributed by atoms with Crippen LogP contribution in [0.2, 0.25) is 0 Å². The summed E-state index contributed by atoms with van der Waals surface area (Å²) in [4.78, 5) is 68.2. The first-order chi connectivity index (χ1) is 27.4. The van der Waals surface area contributed by atoms with E-state index in [0.717, 1.165) is 71.8 Å². The first-order valence-electron chi connectivity index (χ1n) is 20.1. The van der Waals surface area contributed by atoms with Crippen molar-refractivity contribution in [3.63, 3.8) is 0 Å². The third kappa shape index (κ3) is 9.17. The molecule has 6 rings (SSSR count). The van der Waals surface area contributed by atoms with Crippen LogP contribution in [0.5, 0.6) is 0 Å². The first-order valence-corrected chi connectivity index (χ1v) is 20.1. The van der Waals surface area contributed by atoms with Crippen LogP contribution in [-0.4, -0.2) is 94.9 Å². The Balaban J connectivity index is 1.17. The van der Waals surface area contributed by atoms with Crippen molar-refractivity contribution in [1.82, 2.24) is 30.4 Å². The van der Waals surface area contributed by atoms with Crippen LogP contribution < -0.4 is 10.6 Å². The number of allylic oxidation sites excluding steroid dienone is 1. The zero-order valence-corrected chi connectivity index (χ0v) is 34.1. The summed E-state index contributed by atoms with van der Waals surface area (Å²) >= 11 is 0. The molecule has 0 saturated carbocycles. The fourth-order valence-corrected chi connectivity index (χ4v) is 8.16. The molecule has 3 aliphatic rings. The van der Waals surface area contributed by atoms with Crippen molar-refractivity contribution in [3.05, 3.63) is 71.3 Å². The fraction of sp³-hybridized carbons (Fsp3) is 0.500. The Morgan fingerprint density at radius 1 is 0.842 bits per heavy atom. The maximum Gasteiger partial charge on any atom is 0.407 e. The van der Waals surface area contributed by atoms with Crippen molar-refractivity contribution >= 4 is 46.2 Å². The van der Waals surface area contributed by atoms with Crippen LogP contribution in [0.25, 0.3) is 16.5 Å². The summed E-state index contributed by atoms with van der Waals surface area (Å²) < 4.78 is 9.56. The lowest BCUT2D eigenvalue weighted by atomic mass is 9.87. The zero-order valence-electron chi connectivity index (χ0n) is 34.1. The quantitative estimate of drug-likeness (QED) is 0.196. The molecular formula is C44H55N7O6. The van der Waals surface area contributed by atoms with E-state index < -0.39 is 24.3 Å². The predicted molar refractivity (Wildman–Crippen MR) is 219 cm³/mol.